The number of hydrogen-bond donors (Lipinski definition) is 1. The van der Waals surface area contributed by atoms with E-state index in [2.05, 4.69) is 32.2 Å². The molecule has 1 aromatic carbocycles. The van der Waals surface area contributed by atoms with E-state index in [-0.39, 0.29) is 11.3 Å². The first-order valence-electron chi connectivity index (χ1n) is 6.22. The Kier molecular flexibility index (Phi) is 4.91. The molecule has 3 heteroatoms. The lowest BCUT2D eigenvalue weighted by Crippen LogP contribution is -2.36. The van der Waals surface area contributed by atoms with Gasteiger partial charge in [-0.25, -0.2) is 0 Å². The molecule has 0 aliphatic heterocycles. The van der Waals surface area contributed by atoms with Gasteiger partial charge in [-0.2, -0.15) is 5.26 Å². The fraction of sp³-hybridized carbons (Fsp3) is 0.467. The van der Waals surface area contributed by atoms with Crippen LogP contribution in [-0.4, -0.2) is 12.5 Å². The van der Waals surface area contributed by atoms with Gasteiger partial charge in [0.25, 0.3) is 0 Å². The van der Waals surface area contributed by atoms with Gasteiger partial charge in [-0.15, -0.1) is 0 Å². The SMILES string of the molecule is CCC(C)(C)CNC(=O)C(C#N)c1ccccc1. The molecule has 0 saturated heterocycles. The van der Waals surface area contributed by atoms with Crippen LogP contribution in [0.2, 0.25) is 0 Å². The second-order valence-corrected chi connectivity index (χ2v) is 5.21. The molecule has 0 bridgehead atoms. The van der Waals surface area contributed by atoms with Gasteiger partial charge in [-0.05, 0) is 17.4 Å². The van der Waals surface area contributed by atoms with Crippen molar-refractivity contribution in [1.29, 1.82) is 5.26 Å². The van der Waals surface area contributed by atoms with Crippen molar-refractivity contribution in [3.8, 4) is 6.07 Å². The maximum Gasteiger partial charge on any atom is 0.241 e. The van der Waals surface area contributed by atoms with Crippen LogP contribution < -0.4 is 5.32 Å². The van der Waals surface area contributed by atoms with Gasteiger partial charge >= 0.3 is 0 Å². The summed E-state index contributed by atoms with van der Waals surface area (Å²) in [7, 11) is 0. The van der Waals surface area contributed by atoms with Gasteiger partial charge in [0.1, 0.15) is 5.92 Å². The number of carbonyl (C=O) groups is 1. The zero-order valence-electron chi connectivity index (χ0n) is 11.2. The summed E-state index contributed by atoms with van der Waals surface area (Å²) in [6.45, 7) is 6.87. The van der Waals surface area contributed by atoms with E-state index in [1.54, 1.807) is 12.1 Å². The van der Waals surface area contributed by atoms with Crippen molar-refractivity contribution in [2.45, 2.75) is 33.1 Å². The molecule has 0 aliphatic rings. The normalized spacial score (nSPS) is 12.6. The summed E-state index contributed by atoms with van der Waals surface area (Å²) in [5.41, 5.74) is 0.804. The fourth-order valence-electron chi connectivity index (χ4n) is 1.48. The third-order valence-electron chi connectivity index (χ3n) is 3.22. The van der Waals surface area contributed by atoms with Crippen molar-refractivity contribution >= 4 is 5.91 Å². The molecular weight excluding hydrogens is 224 g/mol. The molecule has 1 N–H and O–H groups in total. The Morgan fingerprint density at radius 2 is 2.00 bits per heavy atom. The maximum atomic E-state index is 12.0. The van der Waals surface area contributed by atoms with Gasteiger partial charge in [0.05, 0.1) is 6.07 Å². The Morgan fingerprint density at radius 3 is 2.50 bits per heavy atom. The zero-order chi connectivity index (χ0) is 13.6. The van der Waals surface area contributed by atoms with Crippen LogP contribution in [0.3, 0.4) is 0 Å². The maximum absolute atomic E-state index is 12.0. The van der Waals surface area contributed by atoms with E-state index in [1.807, 2.05) is 18.2 Å². The predicted molar refractivity (Wildman–Crippen MR) is 71.9 cm³/mol. The molecule has 0 aliphatic carbocycles. The van der Waals surface area contributed by atoms with Crippen LogP contribution >= 0.6 is 0 Å². The van der Waals surface area contributed by atoms with Crippen molar-refractivity contribution in [3.63, 3.8) is 0 Å². The average molecular weight is 244 g/mol. The molecule has 96 valence electrons. The Hall–Kier alpha value is -1.82. The average Bonchev–Trinajstić information content (AvgIpc) is 2.39. The van der Waals surface area contributed by atoms with Crippen LogP contribution in [0.5, 0.6) is 0 Å². The van der Waals surface area contributed by atoms with Crippen molar-refractivity contribution in [2.75, 3.05) is 6.54 Å². The second kappa shape index (κ2) is 6.20. The lowest BCUT2D eigenvalue weighted by molar-refractivity contribution is -0.121. The highest BCUT2D eigenvalue weighted by Crippen LogP contribution is 2.19. The smallest absolute Gasteiger partial charge is 0.241 e. The van der Waals surface area contributed by atoms with E-state index in [4.69, 9.17) is 5.26 Å². The summed E-state index contributed by atoms with van der Waals surface area (Å²) in [5.74, 6) is -0.941. The lowest BCUT2D eigenvalue weighted by atomic mass is 9.90. The highest BCUT2D eigenvalue weighted by molar-refractivity contribution is 5.86. The Morgan fingerprint density at radius 1 is 1.39 bits per heavy atom. The fourth-order valence-corrected chi connectivity index (χ4v) is 1.48. The molecule has 0 heterocycles. The van der Waals surface area contributed by atoms with Crippen LogP contribution in [0.25, 0.3) is 0 Å². The topological polar surface area (TPSA) is 52.9 Å². The molecule has 1 unspecified atom stereocenters. The second-order valence-electron chi connectivity index (χ2n) is 5.21. The van der Waals surface area contributed by atoms with Gasteiger partial charge in [0, 0.05) is 6.54 Å². The summed E-state index contributed by atoms with van der Waals surface area (Å²) in [5, 5.41) is 12.0. The van der Waals surface area contributed by atoms with E-state index >= 15 is 0 Å². The molecule has 3 nitrogen and oxygen atoms in total. The highest BCUT2D eigenvalue weighted by Gasteiger charge is 2.22. The quantitative estimate of drug-likeness (QED) is 0.866. The number of nitrogens with zero attached hydrogens (tertiary/aromatic N) is 1. The van der Waals surface area contributed by atoms with Crippen molar-refractivity contribution < 1.29 is 4.79 Å². The minimum atomic E-state index is -0.723. The highest BCUT2D eigenvalue weighted by atomic mass is 16.1. The summed E-state index contributed by atoms with van der Waals surface area (Å²) < 4.78 is 0. The van der Waals surface area contributed by atoms with Crippen molar-refractivity contribution in [1.82, 2.24) is 5.32 Å². The molecule has 1 atom stereocenters. The molecule has 0 spiro atoms. The van der Waals surface area contributed by atoms with Gasteiger partial charge in [-0.1, -0.05) is 51.1 Å². The van der Waals surface area contributed by atoms with Crippen LogP contribution in [0, 0.1) is 16.7 Å². The zero-order valence-corrected chi connectivity index (χ0v) is 11.2. The summed E-state index contributed by atoms with van der Waals surface area (Å²) in [6, 6.07) is 11.2. The summed E-state index contributed by atoms with van der Waals surface area (Å²) in [6.07, 6.45) is 0.982. The van der Waals surface area contributed by atoms with E-state index in [9.17, 15) is 4.79 Å². The van der Waals surface area contributed by atoms with Crippen LogP contribution in [0.15, 0.2) is 30.3 Å². The molecule has 0 aromatic heterocycles. The number of amides is 1. The first kappa shape index (κ1) is 14.2. The van der Waals surface area contributed by atoms with Crippen LogP contribution in [-0.2, 0) is 4.79 Å². The number of rotatable bonds is 5. The van der Waals surface area contributed by atoms with E-state index in [0.29, 0.717) is 6.54 Å². The lowest BCUT2D eigenvalue weighted by Gasteiger charge is -2.23. The van der Waals surface area contributed by atoms with Crippen LogP contribution in [0.4, 0.5) is 0 Å². The predicted octanol–water partition coefficient (Wildman–Crippen LogP) is 2.85. The van der Waals surface area contributed by atoms with Gasteiger partial charge in [0.2, 0.25) is 5.91 Å². The van der Waals surface area contributed by atoms with Gasteiger partial charge in [-0.3, -0.25) is 4.79 Å². The summed E-state index contributed by atoms with van der Waals surface area (Å²) in [4.78, 5) is 12.0. The number of nitriles is 1. The molecular formula is C15H20N2O. The third kappa shape index (κ3) is 3.89. The molecule has 1 rings (SSSR count). The number of carbonyl (C=O) groups excluding carboxylic acids is 1. The first-order chi connectivity index (χ1) is 8.50. The van der Waals surface area contributed by atoms with Gasteiger partial charge < -0.3 is 5.32 Å². The van der Waals surface area contributed by atoms with Crippen LogP contribution in [0.1, 0.15) is 38.7 Å². The minimum absolute atomic E-state index is 0.0619. The molecule has 1 amide bonds. The standard InChI is InChI=1S/C15H20N2O/c1-4-15(2,3)11-17-14(18)13(10-16)12-8-6-5-7-9-12/h5-9,13H,4,11H2,1-3H3,(H,17,18). The Balaban J connectivity index is 2.68. The molecule has 0 radical (unpaired) electrons. The Labute approximate surface area is 109 Å². The largest absolute Gasteiger partial charge is 0.354 e. The van der Waals surface area contributed by atoms with Crippen molar-refractivity contribution in [2.24, 2.45) is 5.41 Å². The molecule has 0 fully saturated rings. The molecule has 1 aromatic rings. The monoisotopic (exact) mass is 244 g/mol. The number of nitrogens with one attached hydrogen (secondary N) is 1. The van der Waals surface area contributed by atoms with Crippen molar-refractivity contribution in [3.05, 3.63) is 35.9 Å². The molecule has 0 saturated carbocycles. The number of hydrogen-bond acceptors (Lipinski definition) is 2. The third-order valence-corrected chi connectivity index (χ3v) is 3.22. The van der Waals surface area contributed by atoms with Gasteiger partial charge in [0.15, 0.2) is 0 Å². The molecule has 18 heavy (non-hydrogen) atoms. The Bertz CT molecular complexity index is 432. The first-order valence-corrected chi connectivity index (χ1v) is 6.22. The minimum Gasteiger partial charge on any atom is -0.354 e. The number of benzene rings is 1. The van der Waals surface area contributed by atoms with E-state index in [0.717, 1.165) is 12.0 Å². The summed E-state index contributed by atoms with van der Waals surface area (Å²) >= 11 is 0. The van der Waals surface area contributed by atoms with E-state index < -0.39 is 5.92 Å². The van der Waals surface area contributed by atoms with E-state index in [1.165, 1.54) is 0 Å².